The molecule has 6 heteroatoms. The molecule has 144 valence electrons. The second kappa shape index (κ2) is 8.92. The predicted octanol–water partition coefficient (Wildman–Crippen LogP) is 2.92. The summed E-state index contributed by atoms with van der Waals surface area (Å²) in [6.07, 6.45) is 2.60. The van der Waals surface area contributed by atoms with Gasteiger partial charge in [-0.25, -0.2) is 0 Å². The summed E-state index contributed by atoms with van der Waals surface area (Å²) in [5.41, 5.74) is 0.845. The molecule has 0 spiro atoms. The highest BCUT2D eigenvalue weighted by Crippen LogP contribution is 2.30. The van der Waals surface area contributed by atoms with E-state index in [9.17, 15) is 9.59 Å². The fourth-order valence-electron chi connectivity index (χ4n) is 3.36. The lowest BCUT2D eigenvalue weighted by molar-refractivity contribution is -0.144. The molecule has 0 aliphatic carbocycles. The van der Waals surface area contributed by atoms with Gasteiger partial charge < -0.3 is 19.7 Å². The Morgan fingerprint density at radius 1 is 1.15 bits per heavy atom. The van der Waals surface area contributed by atoms with Crippen LogP contribution in [0.4, 0.5) is 0 Å². The molecule has 1 saturated heterocycles. The molecule has 0 saturated carbocycles. The van der Waals surface area contributed by atoms with Crippen molar-refractivity contribution in [1.29, 1.82) is 0 Å². The number of nitrogens with one attached hydrogen (secondary N) is 1. The molecule has 2 rings (SSSR count). The van der Waals surface area contributed by atoms with Crippen LogP contribution in [-0.4, -0.2) is 43.5 Å². The van der Waals surface area contributed by atoms with Crippen molar-refractivity contribution in [3.05, 3.63) is 23.8 Å². The fraction of sp³-hybridized carbons (Fsp3) is 0.600. The summed E-state index contributed by atoms with van der Waals surface area (Å²) in [7, 11) is 3.20. The van der Waals surface area contributed by atoms with Gasteiger partial charge in [0.15, 0.2) is 0 Å². The average molecular weight is 362 g/mol. The number of hydrogen-bond donors (Lipinski definition) is 1. The van der Waals surface area contributed by atoms with E-state index in [1.807, 2.05) is 39.0 Å². The molecule has 2 atom stereocenters. The second-order valence-corrected chi connectivity index (χ2v) is 7.04. The maximum Gasteiger partial charge on any atom is 0.243 e. The fourth-order valence-corrected chi connectivity index (χ4v) is 3.36. The Labute approximate surface area is 155 Å². The monoisotopic (exact) mass is 362 g/mol. The minimum Gasteiger partial charge on any atom is -0.497 e. The lowest BCUT2D eigenvalue weighted by Crippen LogP contribution is -2.53. The third-order valence-corrected chi connectivity index (χ3v) is 4.84. The molecule has 1 aromatic rings. The highest BCUT2D eigenvalue weighted by atomic mass is 16.5. The van der Waals surface area contributed by atoms with Crippen LogP contribution in [0.3, 0.4) is 0 Å². The van der Waals surface area contributed by atoms with E-state index in [1.165, 1.54) is 0 Å². The zero-order valence-corrected chi connectivity index (χ0v) is 16.4. The molecular formula is C20H30N2O4. The lowest BCUT2D eigenvalue weighted by Gasteiger charge is -2.36. The van der Waals surface area contributed by atoms with Gasteiger partial charge in [0.1, 0.15) is 17.5 Å². The molecule has 2 unspecified atom stereocenters. The van der Waals surface area contributed by atoms with Gasteiger partial charge in [-0.05, 0) is 44.4 Å². The van der Waals surface area contributed by atoms with Gasteiger partial charge in [-0.3, -0.25) is 9.59 Å². The standard InChI is InChI=1S/C20H30N2O4/c1-13(2)20(24)22-11-7-6-8-17(22)19(23)21-14(3)16-12-15(25-4)9-10-18(16)26-5/h9-10,12-14,17H,6-8,11H2,1-5H3,(H,21,23). The maximum absolute atomic E-state index is 12.9. The van der Waals surface area contributed by atoms with Crippen molar-refractivity contribution in [1.82, 2.24) is 10.2 Å². The number of carbonyl (C=O) groups excluding carboxylic acids is 2. The largest absolute Gasteiger partial charge is 0.497 e. The zero-order chi connectivity index (χ0) is 19.3. The molecule has 1 aromatic carbocycles. The molecule has 2 amide bonds. The Morgan fingerprint density at radius 3 is 2.50 bits per heavy atom. The van der Waals surface area contributed by atoms with Crippen molar-refractivity contribution in [2.24, 2.45) is 5.92 Å². The van der Waals surface area contributed by atoms with Gasteiger partial charge in [-0.2, -0.15) is 0 Å². The van der Waals surface area contributed by atoms with Crippen LogP contribution in [0.25, 0.3) is 0 Å². The summed E-state index contributed by atoms with van der Waals surface area (Å²) in [6, 6.07) is 4.84. The van der Waals surface area contributed by atoms with Crippen LogP contribution in [0.5, 0.6) is 11.5 Å². The van der Waals surface area contributed by atoms with Gasteiger partial charge in [0.2, 0.25) is 11.8 Å². The van der Waals surface area contributed by atoms with Crippen molar-refractivity contribution in [3.8, 4) is 11.5 Å². The van der Waals surface area contributed by atoms with Crippen LogP contribution < -0.4 is 14.8 Å². The topological polar surface area (TPSA) is 67.9 Å². The Morgan fingerprint density at radius 2 is 1.88 bits per heavy atom. The number of hydrogen-bond acceptors (Lipinski definition) is 4. The first-order valence-corrected chi connectivity index (χ1v) is 9.21. The molecule has 0 aromatic heterocycles. The van der Waals surface area contributed by atoms with Crippen molar-refractivity contribution in [2.45, 2.75) is 52.1 Å². The summed E-state index contributed by atoms with van der Waals surface area (Å²) >= 11 is 0. The van der Waals surface area contributed by atoms with E-state index in [0.717, 1.165) is 18.4 Å². The van der Waals surface area contributed by atoms with Gasteiger partial charge in [-0.1, -0.05) is 13.8 Å². The van der Waals surface area contributed by atoms with Crippen molar-refractivity contribution in [3.63, 3.8) is 0 Å². The molecule has 0 radical (unpaired) electrons. The van der Waals surface area contributed by atoms with E-state index >= 15 is 0 Å². The molecule has 1 aliphatic heterocycles. The minimum atomic E-state index is -0.405. The van der Waals surface area contributed by atoms with Crippen LogP contribution in [0.2, 0.25) is 0 Å². The SMILES string of the molecule is COc1ccc(OC)c(C(C)NC(=O)C2CCCCN2C(=O)C(C)C)c1. The summed E-state index contributed by atoms with van der Waals surface area (Å²) < 4.78 is 10.7. The predicted molar refractivity (Wildman–Crippen MR) is 100 cm³/mol. The highest BCUT2D eigenvalue weighted by Gasteiger charge is 2.33. The van der Waals surface area contributed by atoms with Gasteiger partial charge in [0, 0.05) is 18.0 Å². The zero-order valence-electron chi connectivity index (χ0n) is 16.4. The number of ether oxygens (including phenoxy) is 2. The van der Waals surface area contributed by atoms with E-state index in [4.69, 9.17) is 9.47 Å². The van der Waals surface area contributed by atoms with Crippen molar-refractivity contribution in [2.75, 3.05) is 20.8 Å². The van der Waals surface area contributed by atoms with Gasteiger partial charge >= 0.3 is 0 Å². The normalized spacial score (nSPS) is 18.4. The highest BCUT2D eigenvalue weighted by molar-refractivity contribution is 5.88. The molecule has 1 aliphatic rings. The summed E-state index contributed by atoms with van der Waals surface area (Å²) in [4.78, 5) is 27.1. The number of piperidine rings is 1. The molecular weight excluding hydrogens is 332 g/mol. The third kappa shape index (κ3) is 4.48. The smallest absolute Gasteiger partial charge is 0.243 e. The molecule has 1 N–H and O–H groups in total. The summed E-state index contributed by atoms with van der Waals surface area (Å²) in [6.45, 7) is 6.30. The number of benzene rings is 1. The van der Waals surface area contributed by atoms with E-state index in [-0.39, 0.29) is 23.8 Å². The van der Waals surface area contributed by atoms with Gasteiger partial charge in [-0.15, -0.1) is 0 Å². The Balaban J connectivity index is 2.16. The summed E-state index contributed by atoms with van der Waals surface area (Å²) in [5, 5.41) is 3.05. The number of carbonyl (C=O) groups is 2. The first-order chi connectivity index (χ1) is 12.4. The van der Waals surface area contributed by atoms with E-state index in [1.54, 1.807) is 19.1 Å². The van der Waals surface area contributed by atoms with Gasteiger partial charge in [0.25, 0.3) is 0 Å². The molecule has 26 heavy (non-hydrogen) atoms. The third-order valence-electron chi connectivity index (χ3n) is 4.84. The first kappa shape index (κ1) is 20.1. The van der Waals surface area contributed by atoms with Crippen LogP contribution in [0, 0.1) is 5.92 Å². The quantitative estimate of drug-likeness (QED) is 0.845. The first-order valence-electron chi connectivity index (χ1n) is 9.21. The van der Waals surface area contributed by atoms with Crippen LogP contribution in [-0.2, 0) is 9.59 Å². The maximum atomic E-state index is 12.9. The average Bonchev–Trinajstić information content (AvgIpc) is 2.66. The van der Waals surface area contributed by atoms with Crippen LogP contribution in [0.15, 0.2) is 18.2 Å². The Bertz CT molecular complexity index is 645. The molecule has 1 fully saturated rings. The Kier molecular flexibility index (Phi) is 6.89. The minimum absolute atomic E-state index is 0.0384. The van der Waals surface area contributed by atoms with Gasteiger partial charge in [0.05, 0.1) is 20.3 Å². The molecule has 1 heterocycles. The van der Waals surface area contributed by atoms with E-state index in [2.05, 4.69) is 5.32 Å². The van der Waals surface area contributed by atoms with Crippen LogP contribution >= 0.6 is 0 Å². The molecule has 6 nitrogen and oxygen atoms in total. The molecule has 0 bridgehead atoms. The second-order valence-electron chi connectivity index (χ2n) is 7.04. The van der Waals surface area contributed by atoms with Crippen molar-refractivity contribution >= 4 is 11.8 Å². The lowest BCUT2D eigenvalue weighted by atomic mass is 9.98. The number of nitrogens with zero attached hydrogens (tertiary/aromatic N) is 1. The summed E-state index contributed by atoms with van der Waals surface area (Å²) in [5.74, 6) is 1.21. The Hall–Kier alpha value is -2.24. The van der Waals surface area contributed by atoms with E-state index in [0.29, 0.717) is 24.5 Å². The van der Waals surface area contributed by atoms with Crippen LogP contribution in [0.1, 0.15) is 51.6 Å². The number of methoxy groups -OCH3 is 2. The number of likely N-dealkylation sites (tertiary alicyclic amines) is 1. The van der Waals surface area contributed by atoms with E-state index < -0.39 is 6.04 Å². The number of rotatable bonds is 6. The number of amides is 2. The van der Waals surface area contributed by atoms with Crippen molar-refractivity contribution < 1.29 is 19.1 Å².